The molecule has 1 aliphatic rings. The van der Waals surface area contributed by atoms with Crippen LogP contribution in [0.4, 0.5) is 15.6 Å². The van der Waals surface area contributed by atoms with Crippen LogP contribution in [0.5, 0.6) is 0 Å². The summed E-state index contributed by atoms with van der Waals surface area (Å²) in [5.41, 5.74) is 0.853. The third kappa shape index (κ3) is 3.09. The molecular weight excluding hydrogens is 300 g/mol. The Bertz CT molecular complexity index is 686. The number of para-hydroxylation sites is 1. The molecule has 3 rings (SSSR count). The Morgan fingerprint density at radius 1 is 1.32 bits per heavy atom. The van der Waals surface area contributed by atoms with Crippen molar-refractivity contribution in [2.45, 2.75) is 6.92 Å². The van der Waals surface area contributed by atoms with E-state index in [0.29, 0.717) is 18.2 Å². The summed E-state index contributed by atoms with van der Waals surface area (Å²) >= 11 is 1.42. The van der Waals surface area contributed by atoms with Crippen LogP contribution in [0.1, 0.15) is 4.88 Å². The van der Waals surface area contributed by atoms with Crippen LogP contribution >= 0.6 is 11.3 Å². The fourth-order valence-electron chi connectivity index (χ4n) is 2.32. The standard InChI is InChI=1S/C15H16N4O2S/c1-11-9-16-14(22-11)17-13(20)10-18-7-8-19(15(18)21)12-5-3-2-4-6-12/h2-6,9H,7-8,10H2,1H3,(H,16,17,20). The Balaban J connectivity index is 1.60. The van der Waals surface area contributed by atoms with Crippen molar-refractivity contribution in [1.82, 2.24) is 9.88 Å². The van der Waals surface area contributed by atoms with Gasteiger partial charge >= 0.3 is 6.03 Å². The van der Waals surface area contributed by atoms with Crippen molar-refractivity contribution >= 4 is 34.1 Å². The zero-order valence-corrected chi connectivity index (χ0v) is 13.0. The first-order valence-electron chi connectivity index (χ1n) is 6.97. The molecule has 114 valence electrons. The van der Waals surface area contributed by atoms with Crippen LogP contribution < -0.4 is 10.2 Å². The molecule has 3 amide bonds. The highest BCUT2D eigenvalue weighted by Crippen LogP contribution is 2.20. The zero-order chi connectivity index (χ0) is 15.5. The molecule has 1 aliphatic heterocycles. The average Bonchev–Trinajstić information content (AvgIpc) is 3.07. The maximum Gasteiger partial charge on any atom is 0.325 e. The van der Waals surface area contributed by atoms with E-state index in [-0.39, 0.29) is 18.5 Å². The van der Waals surface area contributed by atoms with E-state index >= 15 is 0 Å². The number of rotatable bonds is 4. The molecule has 7 heteroatoms. The first kappa shape index (κ1) is 14.5. The van der Waals surface area contributed by atoms with E-state index in [1.54, 1.807) is 16.0 Å². The third-order valence-electron chi connectivity index (χ3n) is 3.36. The molecular formula is C15H16N4O2S. The van der Waals surface area contributed by atoms with Crippen molar-refractivity contribution in [3.63, 3.8) is 0 Å². The second-order valence-electron chi connectivity index (χ2n) is 5.02. The van der Waals surface area contributed by atoms with Gasteiger partial charge in [0.1, 0.15) is 6.54 Å². The summed E-state index contributed by atoms with van der Waals surface area (Å²) in [6, 6.07) is 9.33. The smallest absolute Gasteiger partial charge is 0.313 e. The van der Waals surface area contributed by atoms with Gasteiger partial charge in [-0.1, -0.05) is 18.2 Å². The Labute approximate surface area is 132 Å². The van der Waals surface area contributed by atoms with Gasteiger partial charge in [-0.25, -0.2) is 9.78 Å². The van der Waals surface area contributed by atoms with E-state index in [1.807, 2.05) is 37.3 Å². The fourth-order valence-corrected chi connectivity index (χ4v) is 3.00. The lowest BCUT2D eigenvalue weighted by molar-refractivity contribution is -0.116. The average molecular weight is 316 g/mol. The van der Waals surface area contributed by atoms with Crippen LogP contribution in [0.2, 0.25) is 0 Å². The van der Waals surface area contributed by atoms with Crippen molar-refractivity contribution in [2.24, 2.45) is 0 Å². The van der Waals surface area contributed by atoms with Crippen molar-refractivity contribution in [1.29, 1.82) is 0 Å². The van der Waals surface area contributed by atoms with Crippen LogP contribution in [-0.2, 0) is 4.79 Å². The Morgan fingerprint density at radius 2 is 2.09 bits per heavy atom. The number of thiazole rings is 1. The number of amides is 3. The maximum atomic E-state index is 12.4. The SMILES string of the molecule is Cc1cnc(NC(=O)CN2CCN(c3ccccc3)C2=O)s1. The minimum Gasteiger partial charge on any atom is -0.313 e. The molecule has 1 fully saturated rings. The normalized spacial score (nSPS) is 14.5. The monoisotopic (exact) mass is 316 g/mol. The Hall–Kier alpha value is -2.41. The number of hydrogen-bond donors (Lipinski definition) is 1. The molecule has 1 N–H and O–H groups in total. The van der Waals surface area contributed by atoms with Gasteiger partial charge in [-0.3, -0.25) is 9.69 Å². The number of carbonyl (C=O) groups is 2. The van der Waals surface area contributed by atoms with Crippen molar-refractivity contribution in [2.75, 3.05) is 29.9 Å². The van der Waals surface area contributed by atoms with Gasteiger partial charge in [-0.15, -0.1) is 11.3 Å². The first-order valence-corrected chi connectivity index (χ1v) is 7.79. The van der Waals surface area contributed by atoms with Crippen molar-refractivity contribution < 1.29 is 9.59 Å². The van der Waals surface area contributed by atoms with Crippen LogP contribution in [-0.4, -0.2) is 41.5 Å². The lowest BCUT2D eigenvalue weighted by atomic mass is 10.3. The largest absolute Gasteiger partial charge is 0.325 e. The molecule has 2 aromatic rings. The van der Waals surface area contributed by atoms with Gasteiger partial charge in [0.2, 0.25) is 5.91 Å². The van der Waals surface area contributed by atoms with E-state index < -0.39 is 0 Å². The number of urea groups is 1. The number of carbonyl (C=O) groups excluding carboxylic acids is 2. The van der Waals surface area contributed by atoms with Crippen molar-refractivity contribution in [3.05, 3.63) is 41.4 Å². The van der Waals surface area contributed by atoms with Crippen molar-refractivity contribution in [3.8, 4) is 0 Å². The van der Waals surface area contributed by atoms with Gasteiger partial charge in [0.25, 0.3) is 0 Å². The van der Waals surface area contributed by atoms with E-state index in [9.17, 15) is 9.59 Å². The number of benzene rings is 1. The highest BCUT2D eigenvalue weighted by Gasteiger charge is 2.30. The molecule has 0 bridgehead atoms. The predicted molar refractivity (Wildman–Crippen MR) is 86.2 cm³/mol. The summed E-state index contributed by atoms with van der Waals surface area (Å²) < 4.78 is 0. The van der Waals surface area contributed by atoms with E-state index in [1.165, 1.54) is 11.3 Å². The number of aromatic nitrogens is 1. The number of hydrogen-bond acceptors (Lipinski definition) is 4. The second kappa shape index (κ2) is 6.15. The topological polar surface area (TPSA) is 65.5 Å². The predicted octanol–water partition coefficient (Wildman–Crippen LogP) is 2.33. The number of aryl methyl sites for hydroxylation is 1. The van der Waals surface area contributed by atoms with E-state index in [4.69, 9.17) is 0 Å². The van der Waals surface area contributed by atoms with Crippen LogP contribution in [0.3, 0.4) is 0 Å². The fraction of sp³-hybridized carbons (Fsp3) is 0.267. The van der Waals surface area contributed by atoms with E-state index in [2.05, 4.69) is 10.3 Å². The maximum absolute atomic E-state index is 12.4. The molecule has 0 unspecified atom stereocenters. The van der Waals surface area contributed by atoms with Gasteiger partial charge in [-0.05, 0) is 19.1 Å². The molecule has 6 nitrogen and oxygen atoms in total. The highest BCUT2D eigenvalue weighted by atomic mass is 32.1. The van der Waals surface area contributed by atoms with E-state index in [0.717, 1.165) is 10.6 Å². The molecule has 1 saturated heterocycles. The van der Waals surface area contributed by atoms with Gasteiger partial charge in [-0.2, -0.15) is 0 Å². The zero-order valence-electron chi connectivity index (χ0n) is 12.2. The summed E-state index contributed by atoms with van der Waals surface area (Å²) in [5, 5.41) is 3.28. The number of anilines is 2. The van der Waals surface area contributed by atoms with Gasteiger partial charge in [0.15, 0.2) is 5.13 Å². The molecule has 0 spiro atoms. The molecule has 1 aromatic heterocycles. The molecule has 22 heavy (non-hydrogen) atoms. The second-order valence-corrected chi connectivity index (χ2v) is 6.25. The lowest BCUT2D eigenvalue weighted by Crippen LogP contribution is -2.37. The quantitative estimate of drug-likeness (QED) is 0.941. The molecule has 0 radical (unpaired) electrons. The summed E-state index contributed by atoms with van der Waals surface area (Å²) in [4.78, 5) is 32.7. The van der Waals surface area contributed by atoms with Gasteiger partial charge in [0, 0.05) is 29.9 Å². The van der Waals surface area contributed by atoms with Gasteiger partial charge < -0.3 is 10.2 Å². The molecule has 0 aliphatic carbocycles. The lowest BCUT2D eigenvalue weighted by Gasteiger charge is -2.18. The number of nitrogens with zero attached hydrogens (tertiary/aromatic N) is 3. The summed E-state index contributed by atoms with van der Waals surface area (Å²) in [6.45, 7) is 3.10. The minimum absolute atomic E-state index is 0.0425. The molecule has 2 heterocycles. The van der Waals surface area contributed by atoms with Gasteiger partial charge in [0.05, 0.1) is 0 Å². The molecule has 0 atom stereocenters. The van der Waals surface area contributed by atoms with Crippen LogP contribution in [0, 0.1) is 6.92 Å². The van der Waals surface area contributed by atoms with Crippen LogP contribution in [0.15, 0.2) is 36.5 Å². The highest BCUT2D eigenvalue weighted by molar-refractivity contribution is 7.15. The Morgan fingerprint density at radius 3 is 2.77 bits per heavy atom. The van der Waals surface area contributed by atoms with Crippen LogP contribution in [0.25, 0.3) is 0 Å². The molecule has 1 aromatic carbocycles. The third-order valence-corrected chi connectivity index (χ3v) is 4.19. The summed E-state index contributed by atoms with van der Waals surface area (Å²) in [5.74, 6) is -0.224. The minimum atomic E-state index is -0.224. The summed E-state index contributed by atoms with van der Waals surface area (Å²) in [6.07, 6.45) is 1.71. The molecule has 0 saturated carbocycles. The number of nitrogens with one attached hydrogen (secondary N) is 1. The first-order chi connectivity index (χ1) is 10.6. The summed E-state index contributed by atoms with van der Waals surface area (Å²) in [7, 11) is 0. The Kier molecular flexibility index (Phi) is 4.06.